The van der Waals surface area contributed by atoms with Crippen molar-refractivity contribution in [2.45, 2.75) is 11.8 Å². The molecule has 0 radical (unpaired) electrons. The summed E-state index contributed by atoms with van der Waals surface area (Å²) in [5.41, 5.74) is -0.372. The molecule has 0 amide bonds. The summed E-state index contributed by atoms with van der Waals surface area (Å²) in [5.74, 6) is -2.98. The average molecular weight is 340 g/mol. The number of anilines is 1. The van der Waals surface area contributed by atoms with Crippen LogP contribution in [0.4, 0.5) is 10.1 Å². The fraction of sp³-hybridized carbons (Fsp3) is 0.300. The Bertz CT molecular complexity index is 745. The van der Waals surface area contributed by atoms with Crippen LogP contribution in [-0.4, -0.2) is 35.2 Å². The Morgan fingerprint density at radius 1 is 1.29 bits per heavy atom. The van der Waals surface area contributed by atoms with E-state index >= 15 is 0 Å². The Kier molecular flexibility index (Phi) is 5.25. The van der Waals surface area contributed by atoms with Crippen LogP contribution in [0.2, 0.25) is 0 Å². The van der Waals surface area contributed by atoms with Crippen molar-refractivity contribution in [1.82, 2.24) is 0 Å². The first kappa shape index (κ1) is 17.3. The van der Waals surface area contributed by atoms with Crippen LogP contribution in [0, 0.1) is 5.82 Å². The molecular weight excluding hydrogens is 327 g/mol. The summed E-state index contributed by atoms with van der Waals surface area (Å²) in [6, 6.07) is 2.22. The van der Waals surface area contributed by atoms with E-state index in [9.17, 15) is 26.0 Å². The monoisotopic (exact) mass is 340 g/mol. The van der Waals surface area contributed by atoms with Gasteiger partial charge in [0.2, 0.25) is 20.0 Å². The first-order valence-corrected chi connectivity index (χ1v) is 8.73. The van der Waals surface area contributed by atoms with E-state index in [1.807, 2.05) is 4.72 Å². The summed E-state index contributed by atoms with van der Waals surface area (Å²) in [5, 5.41) is 4.83. The molecule has 8 nitrogen and oxygen atoms in total. The predicted molar refractivity (Wildman–Crippen MR) is 71.8 cm³/mol. The number of carbonyl (C=O) groups is 1. The van der Waals surface area contributed by atoms with Crippen molar-refractivity contribution < 1.29 is 30.8 Å². The fourth-order valence-corrected chi connectivity index (χ4v) is 2.87. The SMILES string of the molecule is CCOC(=O)CS(=O)(=O)Nc1cc(F)cc(S(N)(=O)=O)c1. The van der Waals surface area contributed by atoms with Crippen molar-refractivity contribution >= 4 is 31.7 Å². The van der Waals surface area contributed by atoms with E-state index in [-0.39, 0.29) is 12.3 Å². The molecule has 0 saturated heterocycles. The van der Waals surface area contributed by atoms with Crippen LogP contribution in [0.25, 0.3) is 0 Å². The lowest BCUT2D eigenvalue weighted by atomic mass is 10.3. The lowest BCUT2D eigenvalue weighted by Crippen LogP contribution is -2.24. The molecule has 1 aromatic rings. The van der Waals surface area contributed by atoms with E-state index in [0.717, 1.165) is 12.1 Å². The molecule has 0 aliphatic carbocycles. The number of carbonyl (C=O) groups excluding carboxylic acids is 1. The Morgan fingerprint density at radius 2 is 1.90 bits per heavy atom. The number of halogens is 1. The third-order valence-electron chi connectivity index (χ3n) is 2.09. The van der Waals surface area contributed by atoms with Crippen LogP contribution in [-0.2, 0) is 29.6 Å². The number of primary sulfonamides is 1. The summed E-state index contributed by atoms with van der Waals surface area (Å²) in [4.78, 5) is 10.5. The highest BCUT2D eigenvalue weighted by Crippen LogP contribution is 2.18. The van der Waals surface area contributed by atoms with Gasteiger partial charge in [-0.3, -0.25) is 9.52 Å². The number of rotatable bonds is 6. The second-order valence-electron chi connectivity index (χ2n) is 3.89. The number of hydrogen-bond acceptors (Lipinski definition) is 6. The molecular formula is C10H13FN2O6S2. The molecule has 118 valence electrons. The van der Waals surface area contributed by atoms with Gasteiger partial charge in [-0.05, 0) is 25.1 Å². The molecule has 0 unspecified atom stereocenters. The Balaban J connectivity index is 3.03. The Hall–Kier alpha value is -1.72. The maximum absolute atomic E-state index is 13.3. The van der Waals surface area contributed by atoms with Gasteiger partial charge in [0.15, 0.2) is 5.75 Å². The molecule has 0 spiro atoms. The van der Waals surface area contributed by atoms with E-state index < -0.39 is 42.5 Å². The lowest BCUT2D eigenvalue weighted by Gasteiger charge is -2.09. The summed E-state index contributed by atoms with van der Waals surface area (Å²) in [6.07, 6.45) is 0. The number of nitrogens with two attached hydrogens (primary N) is 1. The third-order valence-corrected chi connectivity index (χ3v) is 4.14. The predicted octanol–water partition coefficient (Wildman–Crippen LogP) is -0.222. The Labute approximate surface area is 121 Å². The van der Waals surface area contributed by atoms with Crippen LogP contribution < -0.4 is 9.86 Å². The van der Waals surface area contributed by atoms with Gasteiger partial charge < -0.3 is 4.74 Å². The van der Waals surface area contributed by atoms with Gasteiger partial charge in [-0.2, -0.15) is 0 Å². The molecule has 11 heteroatoms. The molecule has 3 N–H and O–H groups in total. The summed E-state index contributed by atoms with van der Waals surface area (Å²) < 4.78 is 65.1. The summed E-state index contributed by atoms with van der Waals surface area (Å²) in [6.45, 7) is 1.51. The molecule has 0 fully saturated rings. The van der Waals surface area contributed by atoms with Crippen LogP contribution in [0.3, 0.4) is 0 Å². The zero-order chi connectivity index (χ0) is 16.3. The first-order valence-electron chi connectivity index (χ1n) is 5.53. The smallest absolute Gasteiger partial charge is 0.323 e. The van der Waals surface area contributed by atoms with Crippen molar-refractivity contribution in [2.24, 2.45) is 5.14 Å². The van der Waals surface area contributed by atoms with E-state index in [4.69, 9.17) is 5.14 Å². The summed E-state index contributed by atoms with van der Waals surface area (Å²) in [7, 11) is -8.36. The van der Waals surface area contributed by atoms with Crippen LogP contribution in [0.15, 0.2) is 23.1 Å². The number of hydrogen-bond donors (Lipinski definition) is 2. The second-order valence-corrected chi connectivity index (χ2v) is 7.17. The van der Waals surface area contributed by atoms with Crippen molar-refractivity contribution in [3.05, 3.63) is 24.0 Å². The highest BCUT2D eigenvalue weighted by atomic mass is 32.2. The number of nitrogens with one attached hydrogen (secondary N) is 1. The van der Waals surface area contributed by atoms with Gasteiger partial charge in [-0.15, -0.1) is 0 Å². The molecule has 0 saturated carbocycles. The van der Waals surface area contributed by atoms with Crippen LogP contribution in [0.5, 0.6) is 0 Å². The fourth-order valence-electron chi connectivity index (χ4n) is 1.36. The lowest BCUT2D eigenvalue weighted by molar-refractivity contribution is -0.139. The van der Waals surface area contributed by atoms with Gasteiger partial charge in [0.25, 0.3) is 0 Å². The topological polar surface area (TPSA) is 133 Å². The molecule has 1 aromatic carbocycles. The number of ether oxygens (including phenoxy) is 1. The molecule has 0 bridgehead atoms. The summed E-state index contributed by atoms with van der Waals surface area (Å²) >= 11 is 0. The van der Waals surface area contributed by atoms with Crippen LogP contribution in [0.1, 0.15) is 6.92 Å². The van der Waals surface area contributed by atoms with Gasteiger partial charge in [0, 0.05) is 0 Å². The van der Waals surface area contributed by atoms with E-state index in [0.29, 0.717) is 6.07 Å². The van der Waals surface area contributed by atoms with Crippen molar-refractivity contribution in [1.29, 1.82) is 0 Å². The van der Waals surface area contributed by atoms with Crippen LogP contribution >= 0.6 is 0 Å². The van der Waals surface area contributed by atoms with Crippen molar-refractivity contribution in [2.75, 3.05) is 17.1 Å². The number of esters is 1. The van der Waals surface area contributed by atoms with Gasteiger partial charge in [-0.1, -0.05) is 0 Å². The third kappa shape index (κ3) is 5.65. The molecule has 0 aliphatic rings. The van der Waals surface area contributed by atoms with Crippen molar-refractivity contribution in [3.8, 4) is 0 Å². The van der Waals surface area contributed by atoms with E-state index in [1.165, 1.54) is 6.92 Å². The molecule has 0 atom stereocenters. The Morgan fingerprint density at radius 3 is 2.43 bits per heavy atom. The quantitative estimate of drug-likeness (QED) is 0.688. The molecule has 21 heavy (non-hydrogen) atoms. The molecule has 0 heterocycles. The second kappa shape index (κ2) is 6.37. The molecule has 0 aromatic heterocycles. The molecule has 1 rings (SSSR count). The van der Waals surface area contributed by atoms with E-state index in [2.05, 4.69) is 4.74 Å². The minimum Gasteiger partial charge on any atom is -0.465 e. The van der Waals surface area contributed by atoms with Gasteiger partial charge in [0.1, 0.15) is 5.82 Å². The minimum atomic E-state index is -4.20. The highest BCUT2D eigenvalue weighted by molar-refractivity contribution is 7.93. The standard InChI is InChI=1S/C10H13FN2O6S2/c1-2-19-10(14)6-20(15,16)13-8-3-7(11)4-9(5-8)21(12,17)18/h3-5,13H,2,6H2,1H3,(H2,12,17,18). The zero-order valence-corrected chi connectivity index (χ0v) is 12.5. The first-order chi connectivity index (χ1) is 9.53. The largest absolute Gasteiger partial charge is 0.465 e. The number of sulfonamides is 2. The number of benzene rings is 1. The molecule has 0 aliphatic heterocycles. The van der Waals surface area contributed by atoms with Gasteiger partial charge in [-0.25, -0.2) is 26.4 Å². The average Bonchev–Trinajstić information content (AvgIpc) is 2.25. The van der Waals surface area contributed by atoms with E-state index in [1.54, 1.807) is 0 Å². The normalized spacial score (nSPS) is 12.0. The van der Waals surface area contributed by atoms with Gasteiger partial charge in [0.05, 0.1) is 17.2 Å². The maximum Gasteiger partial charge on any atom is 0.323 e. The van der Waals surface area contributed by atoms with Crippen molar-refractivity contribution in [3.63, 3.8) is 0 Å². The zero-order valence-electron chi connectivity index (χ0n) is 10.9. The highest BCUT2D eigenvalue weighted by Gasteiger charge is 2.19. The maximum atomic E-state index is 13.3. The minimum absolute atomic E-state index is 0.00385. The van der Waals surface area contributed by atoms with Gasteiger partial charge >= 0.3 is 5.97 Å².